The Morgan fingerprint density at radius 2 is 1.82 bits per heavy atom. The average Bonchev–Trinajstić information content (AvgIpc) is 3.00. The van der Waals surface area contributed by atoms with Crippen molar-refractivity contribution in [3.63, 3.8) is 0 Å². The molecule has 2 aliphatic rings. The minimum atomic E-state index is 0.485. The summed E-state index contributed by atoms with van der Waals surface area (Å²) in [7, 11) is 2.04. The van der Waals surface area contributed by atoms with Gasteiger partial charge in [0.1, 0.15) is 0 Å². The van der Waals surface area contributed by atoms with E-state index in [1.165, 1.54) is 69.2 Å². The van der Waals surface area contributed by atoms with Gasteiger partial charge < -0.3 is 10.2 Å². The minimum absolute atomic E-state index is 0.485. The smallest absolute Gasteiger partial charge is 0.0641 e. The van der Waals surface area contributed by atoms with Gasteiger partial charge in [0, 0.05) is 64.1 Å². The van der Waals surface area contributed by atoms with Crippen LogP contribution in [-0.4, -0.2) is 65.4 Å². The third-order valence-electron chi connectivity index (χ3n) is 5.57. The van der Waals surface area contributed by atoms with Crippen molar-refractivity contribution in [3.05, 3.63) is 17.0 Å². The molecule has 0 spiro atoms. The number of rotatable bonds is 4. The van der Waals surface area contributed by atoms with Crippen molar-refractivity contribution in [2.24, 2.45) is 12.5 Å². The van der Waals surface area contributed by atoms with Gasteiger partial charge in [0.15, 0.2) is 0 Å². The monoisotopic (exact) mass is 305 g/mol. The molecule has 22 heavy (non-hydrogen) atoms. The second-order valence-electron chi connectivity index (χ2n) is 7.56. The molecule has 124 valence electrons. The van der Waals surface area contributed by atoms with Crippen molar-refractivity contribution < 1.29 is 0 Å². The summed E-state index contributed by atoms with van der Waals surface area (Å²) in [6.45, 7) is 16.2. The maximum absolute atomic E-state index is 4.54. The number of nitrogens with one attached hydrogen (secondary N) is 1. The van der Waals surface area contributed by atoms with Crippen molar-refractivity contribution >= 4 is 0 Å². The Hall–Kier alpha value is -0.910. The highest BCUT2D eigenvalue weighted by atomic mass is 15.3. The van der Waals surface area contributed by atoms with Crippen LogP contribution in [0.25, 0.3) is 0 Å². The fourth-order valence-corrected chi connectivity index (χ4v) is 3.92. The van der Waals surface area contributed by atoms with Crippen LogP contribution in [0.1, 0.15) is 30.3 Å². The summed E-state index contributed by atoms with van der Waals surface area (Å²) in [4.78, 5) is 5.25. The van der Waals surface area contributed by atoms with Crippen LogP contribution >= 0.6 is 0 Å². The minimum Gasteiger partial charge on any atom is -0.316 e. The van der Waals surface area contributed by atoms with Gasteiger partial charge in [0.25, 0.3) is 0 Å². The molecule has 2 fully saturated rings. The molecule has 1 atom stereocenters. The highest BCUT2D eigenvalue weighted by Crippen LogP contribution is 2.26. The van der Waals surface area contributed by atoms with E-state index in [0.29, 0.717) is 5.41 Å². The lowest BCUT2D eigenvalue weighted by Crippen LogP contribution is -2.49. The Morgan fingerprint density at radius 3 is 2.36 bits per heavy atom. The van der Waals surface area contributed by atoms with Gasteiger partial charge in [0.05, 0.1) is 5.69 Å². The van der Waals surface area contributed by atoms with Gasteiger partial charge in [-0.05, 0) is 32.2 Å². The van der Waals surface area contributed by atoms with E-state index >= 15 is 0 Å². The Labute approximate surface area is 134 Å². The summed E-state index contributed by atoms with van der Waals surface area (Å²) in [5.41, 5.74) is 4.40. The molecule has 0 aromatic carbocycles. The van der Waals surface area contributed by atoms with Gasteiger partial charge in [-0.25, -0.2) is 0 Å². The molecule has 3 heterocycles. The topological polar surface area (TPSA) is 36.3 Å². The highest BCUT2D eigenvalue weighted by molar-refractivity contribution is 5.24. The van der Waals surface area contributed by atoms with Crippen molar-refractivity contribution in [2.75, 3.05) is 45.8 Å². The number of piperazine rings is 1. The van der Waals surface area contributed by atoms with Gasteiger partial charge >= 0.3 is 0 Å². The predicted octanol–water partition coefficient (Wildman–Crippen LogP) is 1.15. The van der Waals surface area contributed by atoms with Crippen LogP contribution in [0.4, 0.5) is 0 Å². The van der Waals surface area contributed by atoms with E-state index in [1.807, 2.05) is 11.7 Å². The van der Waals surface area contributed by atoms with Gasteiger partial charge in [-0.1, -0.05) is 6.92 Å². The van der Waals surface area contributed by atoms with E-state index in [2.05, 4.69) is 41.0 Å². The molecule has 2 aliphatic heterocycles. The number of hydrogen-bond donors (Lipinski definition) is 1. The Balaban J connectivity index is 1.51. The summed E-state index contributed by atoms with van der Waals surface area (Å²) in [6.07, 6.45) is 1.32. The second kappa shape index (κ2) is 6.30. The van der Waals surface area contributed by atoms with Gasteiger partial charge in [0.2, 0.25) is 0 Å². The van der Waals surface area contributed by atoms with Crippen molar-refractivity contribution in [3.8, 4) is 0 Å². The maximum Gasteiger partial charge on any atom is 0.0641 e. The summed E-state index contributed by atoms with van der Waals surface area (Å²) < 4.78 is 2.01. The molecule has 1 unspecified atom stereocenters. The molecule has 1 N–H and O–H groups in total. The fourth-order valence-electron chi connectivity index (χ4n) is 3.92. The van der Waals surface area contributed by atoms with Gasteiger partial charge in [-0.3, -0.25) is 9.58 Å². The zero-order valence-electron chi connectivity index (χ0n) is 14.7. The van der Waals surface area contributed by atoms with Crippen LogP contribution < -0.4 is 5.32 Å². The summed E-state index contributed by atoms with van der Waals surface area (Å²) >= 11 is 0. The molecule has 0 radical (unpaired) electrons. The molecule has 0 amide bonds. The SMILES string of the molecule is Cc1nn(C)c(C)c1CN1CCN(CC2(C)CCNC2)CC1. The Morgan fingerprint density at radius 1 is 1.14 bits per heavy atom. The first-order valence-electron chi connectivity index (χ1n) is 8.61. The molecular formula is C17H31N5. The first-order valence-corrected chi connectivity index (χ1v) is 8.61. The number of aryl methyl sites for hydroxylation is 2. The third-order valence-corrected chi connectivity index (χ3v) is 5.57. The zero-order chi connectivity index (χ0) is 15.7. The first kappa shape index (κ1) is 16.0. The molecule has 0 saturated carbocycles. The maximum atomic E-state index is 4.54. The fraction of sp³-hybridized carbons (Fsp3) is 0.824. The average molecular weight is 305 g/mol. The number of aromatic nitrogens is 2. The molecule has 1 aromatic heterocycles. The second-order valence-corrected chi connectivity index (χ2v) is 7.56. The van der Waals surface area contributed by atoms with Crippen LogP contribution in [0.15, 0.2) is 0 Å². The van der Waals surface area contributed by atoms with Gasteiger partial charge in [-0.2, -0.15) is 5.10 Å². The molecule has 1 aromatic rings. The molecule has 0 aliphatic carbocycles. The van der Waals surface area contributed by atoms with E-state index in [4.69, 9.17) is 0 Å². The normalized spacial score (nSPS) is 27.6. The molecule has 5 nitrogen and oxygen atoms in total. The molecule has 3 rings (SSSR count). The zero-order valence-corrected chi connectivity index (χ0v) is 14.7. The van der Waals surface area contributed by atoms with Gasteiger partial charge in [-0.15, -0.1) is 0 Å². The summed E-state index contributed by atoms with van der Waals surface area (Å²) in [6, 6.07) is 0. The number of nitrogens with zero attached hydrogens (tertiary/aromatic N) is 4. The van der Waals surface area contributed by atoms with Crippen LogP contribution in [0.5, 0.6) is 0 Å². The lowest BCUT2D eigenvalue weighted by atomic mass is 9.89. The van der Waals surface area contributed by atoms with Crippen LogP contribution in [0.3, 0.4) is 0 Å². The first-order chi connectivity index (χ1) is 10.5. The summed E-state index contributed by atoms with van der Waals surface area (Å²) in [5.74, 6) is 0. The van der Waals surface area contributed by atoms with E-state index in [0.717, 1.165) is 6.54 Å². The predicted molar refractivity (Wildman–Crippen MR) is 90.0 cm³/mol. The largest absolute Gasteiger partial charge is 0.316 e. The number of hydrogen-bond acceptors (Lipinski definition) is 4. The van der Waals surface area contributed by atoms with Crippen molar-refractivity contribution in [1.82, 2.24) is 24.9 Å². The molecule has 2 saturated heterocycles. The highest BCUT2D eigenvalue weighted by Gasteiger charge is 2.31. The van der Waals surface area contributed by atoms with Crippen LogP contribution in [-0.2, 0) is 13.6 Å². The standard InChI is InChI=1S/C17H31N5/c1-14-16(15(2)20(4)19-14)11-21-7-9-22(10-8-21)13-17(3)5-6-18-12-17/h18H,5-13H2,1-4H3. The summed E-state index contributed by atoms with van der Waals surface area (Å²) in [5, 5.41) is 8.05. The lowest BCUT2D eigenvalue weighted by Gasteiger charge is -2.38. The van der Waals surface area contributed by atoms with Crippen molar-refractivity contribution in [1.29, 1.82) is 0 Å². The van der Waals surface area contributed by atoms with E-state index in [9.17, 15) is 0 Å². The molecule has 5 heteroatoms. The Bertz CT molecular complexity index is 507. The molecule has 0 bridgehead atoms. The van der Waals surface area contributed by atoms with E-state index in [-0.39, 0.29) is 0 Å². The van der Waals surface area contributed by atoms with Crippen LogP contribution in [0, 0.1) is 19.3 Å². The van der Waals surface area contributed by atoms with Crippen LogP contribution in [0.2, 0.25) is 0 Å². The molecular weight excluding hydrogens is 274 g/mol. The quantitative estimate of drug-likeness (QED) is 0.905. The Kier molecular flexibility index (Phi) is 4.57. The van der Waals surface area contributed by atoms with E-state index in [1.54, 1.807) is 0 Å². The van der Waals surface area contributed by atoms with E-state index < -0.39 is 0 Å². The third kappa shape index (κ3) is 3.36. The lowest BCUT2D eigenvalue weighted by molar-refractivity contribution is 0.0931. The van der Waals surface area contributed by atoms with Crippen molar-refractivity contribution in [2.45, 2.75) is 33.7 Å².